The lowest BCUT2D eigenvalue weighted by molar-refractivity contribution is -0.121. The van der Waals surface area contributed by atoms with Gasteiger partial charge in [0.1, 0.15) is 12.4 Å². The first-order valence-electron chi connectivity index (χ1n) is 8.90. The molecule has 1 aliphatic carbocycles. The number of nitrogens with zero attached hydrogens (tertiary/aromatic N) is 2. The maximum atomic E-state index is 13.0. The fraction of sp³-hybridized carbons (Fsp3) is 0.350. The summed E-state index contributed by atoms with van der Waals surface area (Å²) in [5.41, 5.74) is 2.25. The van der Waals surface area contributed by atoms with Gasteiger partial charge in [0, 0.05) is 18.2 Å². The number of aromatic nitrogens is 2. The average Bonchev–Trinajstić information content (AvgIpc) is 2.65. The van der Waals surface area contributed by atoms with Crippen LogP contribution in [0.25, 0.3) is 11.3 Å². The Morgan fingerprint density at radius 3 is 2.69 bits per heavy atom. The Bertz CT molecular complexity index is 856. The van der Waals surface area contributed by atoms with Crippen molar-refractivity contribution in [3.63, 3.8) is 0 Å². The molecule has 0 spiro atoms. The molecule has 0 saturated carbocycles. The summed E-state index contributed by atoms with van der Waals surface area (Å²) in [5.74, 6) is -0.582. The number of halogens is 1. The summed E-state index contributed by atoms with van der Waals surface area (Å²) >= 11 is 0. The Labute approximate surface area is 151 Å². The summed E-state index contributed by atoms with van der Waals surface area (Å²) in [5, 5.41) is 7.06. The lowest BCUT2D eigenvalue weighted by atomic mass is 9.97. The number of rotatable bonds is 6. The molecule has 1 aliphatic rings. The number of allylic oxidation sites excluding steroid dienone is 1. The monoisotopic (exact) mass is 355 g/mol. The van der Waals surface area contributed by atoms with Crippen LogP contribution in [0.2, 0.25) is 0 Å². The normalized spacial score (nSPS) is 14.0. The van der Waals surface area contributed by atoms with Crippen molar-refractivity contribution in [2.75, 3.05) is 6.54 Å². The third-order valence-electron chi connectivity index (χ3n) is 4.45. The van der Waals surface area contributed by atoms with Crippen LogP contribution < -0.4 is 10.9 Å². The van der Waals surface area contributed by atoms with Gasteiger partial charge in [0.25, 0.3) is 5.56 Å². The second-order valence-corrected chi connectivity index (χ2v) is 6.43. The summed E-state index contributed by atoms with van der Waals surface area (Å²) < 4.78 is 14.2. The Morgan fingerprint density at radius 2 is 1.96 bits per heavy atom. The zero-order chi connectivity index (χ0) is 18.4. The second-order valence-electron chi connectivity index (χ2n) is 6.43. The van der Waals surface area contributed by atoms with E-state index in [9.17, 15) is 14.0 Å². The number of carbonyl (C=O) groups is 1. The topological polar surface area (TPSA) is 64.0 Å². The van der Waals surface area contributed by atoms with Gasteiger partial charge in [0.15, 0.2) is 0 Å². The van der Waals surface area contributed by atoms with E-state index in [1.807, 2.05) is 0 Å². The number of hydrogen-bond acceptors (Lipinski definition) is 3. The molecular formula is C20H22FN3O2. The molecule has 1 N–H and O–H groups in total. The van der Waals surface area contributed by atoms with E-state index in [0.29, 0.717) is 17.8 Å². The van der Waals surface area contributed by atoms with Crippen LogP contribution in [0.3, 0.4) is 0 Å². The molecule has 6 heteroatoms. The molecule has 0 aliphatic heterocycles. The molecule has 5 nitrogen and oxygen atoms in total. The minimum atomic E-state index is -0.346. The zero-order valence-electron chi connectivity index (χ0n) is 14.6. The number of hydrogen-bond donors (Lipinski definition) is 1. The van der Waals surface area contributed by atoms with Crippen LogP contribution in [0.1, 0.15) is 32.1 Å². The van der Waals surface area contributed by atoms with Gasteiger partial charge in [-0.25, -0.2) is 9.07 Å². The van der Waals surface area contributed by atoms with Gasteiger partial charge in [-0.3, -0.25) is 9.59 Å². The van der Waals surface area contributed by atoms with Crippen molar-refractivity contribution in [3.05, 3.63) is 64.2 Å². The molecule has 26 heavy (non-hydrogen) atoms. The minimum absolute atomic E-state index is 0.132. The highest BCUT2D eigenvalue weighted by molar-refractivity contribution is 5.75. The molecular weight excluding hydrogens is 333 g/mol. The largest absolute Gasteiger partial charge is 0.354 e. The van der Waals surface area contributed by atoms with Crippen LogP contribution in [0.15, 0.2) is 52.8 Å². The quantitative estimate of drug-likeness (QED) is 0.810. The number of amides is 1. The van der Waals surface area contributed by atoms with Crippen LogP contribution in [-0.2, 0) is 11.3 Å². The molecule has 0 fully saturated rings. The standard InChI is InChI=1S/C20H22FN3O2/c21-17-8-6-16(7-9-17)18-10-11-20(26)24(23-18)14-19(25)22-13-12-15-4-2-1-3-5-15/h4,6-11H,1-3,5,12-14H2,(H,22,25). The maximum Gasteiger partial charge on any atom is 0.267 e. The first-order chi connectivity index (χ1) is 12.6. The van der Waals surface area contributed by atoms with Gasteiger partial charge in [-0.15, -0.1) is 0 Å². The third-order valence-corrected chi connectivity index (χ3v) is 4.45. The van der Waals surface area contributed by atoms with Gasteiger partial charge in [-0.05, 0) is 62.4 Å². The summed E-state index contributed by atoms with van der Waals surface area (Å²) in [6, 6.07) is 8.78. The molecule has 0 unspecified atom stereocenters. The van der Waals surface area contributed by atoms with Crippen LogP contribution >= 0.6 is 0 Å². The van der Waals surface area contributed by atoms with Crippen molar-refractivity contribution in [2.24, 2.45) is 0 Å². The Morgan fingerprint density at radius 1 is 1.15 bits per heavy atom. The van der Waals surface area contributed by atoms with E-state index in [0.717, 1.165) is 23.9 Å². The van der Waals surface area contributed by atoms with Gasteiger partial charge in [-0.2, -0.15) is 5.10 Å². The Hall–Kier alpha value is -2.76. The molecule has 0 bridgehead atoms. The lowest BCUT2D eigenvalue weighted by Crippen LogP contribution is -2.34. The van der Waals surface area contributed by atoms with E-state index < -0.39 is 0 Å². The Kier molecular flexibility index (Phi) is 5.94. The van der Waals surface area contributed by atoms with Crippen LogP contribution in [0, 0.1) is 5.82 Å². The number of carbonyl (C=O) groups excluding carboxylic acids is 1. The van der Waals surface area contributed by atoms with Crippen molar-refractivity contribution >= 4 is 5.91 Å². The fourth-order valence-electron chi connectivity index (χ4n) is 3.02. The molecule has 0 atom stereocenters. The summed E-state index contributed by atoms with van der Waals surface area (Å²) in [7, 11) is 0. The summed E-state index contributed by atoms with van der Waals surface area (Å²) in [6.45, 7) is 0.435. The Balaban J connectivity index is 1.60. The minimum Gasteiger partial charge on any atom is -0.354 e. The fourth-order valence-corrected chi connectivity index (χ4v) is 3.02. The number of benzene rings is 1. The highest BCUT2D eigenvalue weighted by Gasteiger charge is 2.09. The van der Waals surface area contributed by atoms with E-state index in [2.05, 4.69) is 16.5 Å². The molecule has 1 heterocycles. The van der Waals surface area contributed by atoms with Crippen molar-refractivity contribution in [2.45, 2.75) is 38.6 Å². The molecule has 0 radical (unpaired) electrons. The van der Waals surface area contributed by atoms with Crippen molar-refractivity contribution in [1.82, 2.24) is 15.1 Å². The number of nitrogens with one attached hydrogen (secondary N) is 1. The first-order valence-corrected chi connectivity index (χ1v) is 8.90. The van der Waals surface area contributed by atoms with Crippen LogP contribution in [0.4, 0.5) is 4.39 Å². The predicted molar refractivity (Wildman–Crippen MR) is 98.1 cm³/mol. The third kappa shape index (κ3) is 4.88. The smallest absolute Gasteiger partial charge is 0.267 e. The molecule has 136 valence electrons. The van der Waals surface area contributed by atoms with Gasteiger partial charge < -0.3 is 5.32 Å². The highest BCUT2D eigenvalue weighted by Crippen LogP contribution is 2.19. The van der Waals surface area contributed by atoms with Gasteiger partial charge >= 0.3 is 0 Å². The van der Waals surface area contributed by atoms with Crippen molar-refractivity contribution in [1.29, 1.82) is 0 Å². The summed E-state index contributed by atoms with van der Waals surface area (Å²) in [6.07, 6.45) is 7.80. The van der Waals surface area contributed by atoms with E-state index in [4.69, 9.17) is 0 Å². The zero-order valence-corrected chi connectivity index (χ0v) is 14.6. The van der Waals surface area contributed by atoms with E-state index in [1.165, 1.54) is 36.6 Å². The SMILES string of the molecule is O=C(Cn1nc(-c2ccc(F)cc2)ccc1=O)NCCC1=CCCCC1. The lowest BCUT2D eigenvalue weighted by Gasteiger charge is -2.13. The first kappa shape index (κ1) is 18.0. The van der Waals surface area contributed by atoms with Crippen molar-refractivity contribution < 1.29 is 9.18 Å². The van der Waals surface area contributed by atoms with Crippen molar-refractivity contribution in [3.8, 4) is 11.3 Å². The van der Waals surface area contributed by atoms with Gasteiger partial charge in [0.05, 0.1) is 5.69 Å². The van der Waals surface area contributed by atoms with E-state index in [-0.39, 0.29) is 23.8 Å². The molecule has 0 saturated heterocycles. The van der Waals surface area contributed by atoms with Gasteiger partial charge in [-0.1, -0.05) is 11.6 Å². The summed E-state index contributed by atoms with van der Waals surface area (Å²) in [4.78, 5) is 24.1. The molecule has 2 aromatic rings. The molecule has 1 aromatic heterocycles. The average molecular weight is 355 g/mol. The van der Waals surface area contributed by atoms with Crippen LogP contribution in [-0.4, -0.2) is 22.2 Å². The highest BCUT2D eigenvalue weighted by atomic mass is 19.1. The second kappa shape index (κ2) is 8.56. The molecule has 1 aromatic carbocycles. The maximum absolute atomic E-state index is 13.0. The van der Waals surface area contributed by atoms with E-state index in [1.54, 1.807) is 18.2 Å². The van der Waals surface area contributed by atoms with E-state index >= 15 is 0 Å². The molecule has 1 amide bonds. The predicted octanol–water partition coefficient (Wildman–Crippen LogP) is 3.06. The van der Waals surface area contributed by atoms with Crippen LogP contribution in [0.5, 0.6) is 0 Å². The van der Waals surface area contributed by atoms with Gasteiger partial charge in [0.2, 0.25) is 5.91 Å². The molecule has 3 rings (SSSR count).